The molecule has 0 fully saturated rings. The zero-order chi connectivity index (χ0) is 14.8. The Morgan fingerprint density at radius 2 is 2.00 bits per heavy atom. The van der Waals surface area contributed by atoms with Gasteiger partial charge in [-0.05, 0) is 13.1 Å². The zero-order valence-electron chi connectivity index (χ0n) is 11.8. The molecule has 20 heavy (non-hydrogen) atoms. The predicted octanol–water partition coefficient (Wildman–Crippen LogP) is 1.37. The molecule has 2 rings (SSSR count). The first-order chi connectivity index (χ1) is 9.40. The van der Waals surface area contributed by atoms with E-state index in [0.29, 0.717) is 19.6 Å². The lowest BCUT2D eigenvalue weighted by atomic mass is 10.1. The van der Waals surface area contributed by atoms with Gasteiger partial charge in [-0.25, -0.2) is 8.42 Å². The summed E-state index contributed by atoms with van der Waals surface area (Å²) in [5.74, 6) is 0.912. The van der Waals surface area contributed by atoms with E-state index in [2.05, 4.69) is 0 Å². The molecule has 0 spiro atoms. The molecule has 0 amide bonds. The number of nitrogens with two attached hydrogens (primary N) is 1. The summed E-state index contributed by atoms with van der Waals surface area (Å²) in [6, 6.07) is 7.79. The van der Waals surface area contributed by atoms with Crippen molar-refractivity contribution in [3.8, 4) is 0 Å². The summed E-state index contributed by atoms with van der Waals surface area (Å²) in [5.41, 5.74) is 7.59. The SMILES string of the molecule is CN(CCS(C)(=O)=O)Cc1c(CN)oc2ccccc12. The van der Waals surface area contributed by atoms with E-state index in [4.69, 9.17) is 10.2 Å². The number of benzene rings is 1. The second-order valence-electron chi connectivity index (χ2n) is 5.07. The van der Waals surface area contributed by atoms with Crippen molar-refractivity contribution in [1.29, 1.82) is 0 Å². The predicted molar refractivity (Wildman–Crippen MR) is 80.2 cm³/mol. The van der Waals surface area contributed by atoms with Gasteiger partial charge in [-0.1, -0.05) is 18.2 Å². The van der Waals surface area contributed by atoms with E-state index in [0.717, 1.165) is 22.3 Å². The molecule has 1 aromatic carbocycles. The summed E-state index contributed by atoms with van der Waals surface area (Å²) in [6.45, 7) is 1.45. The lowest BCUT2D eigenvalue weighted by molar-refractivity contribution is 0.343. The van der Waals surface area contributed by atoms with Crippen LogP contribution in [0.1, 0.15) is 11.3 Å². The van der Waals surface area contributed by atoms with Gasteiger partial charge in [0.25, 0.3) is 0 Å². The van der Waals surface area contributed by atoms with Crippen LogP contribution in [0, 0.1) is 0 Å². The Balaban J connectivity index is 2.20. The molecule has 0 saturated carbocycles. The fraction of sp³-hybridized carbons (Fsp3) is 0.429. The molecule has 2 aromatic rings. The Morgan fingerprint density at radius 3 is 2.65 bits per heavy atom. The molecule has 0 unspecified atom stereocenters. The van der Waals surface area contributed by atoms with Gasteiger partial charge in [0.2, 0.25) is 0 Å². The van der Waals surface area contributed by atoms with Crippen LogP contribution in [-0.2, 0) is 22.9 Å². The molecule has 110 valence electrons. The Labute approximate surface area is 119 Å². The van der Waals surface area contributed by atoms with Gasteiger partial charge in [-0.3, -0.25) is 0 Å². The van der Waals surface area contributed by atoms with Crippen LogP contribution in [0.5, 0.6) is 0 Å². The molecule has 1 heterocycles. The third-order valence-corrected chi connectivity index (χ3v) is 4.16. The highest BCUT2D eigenvalue weighted by Gasteiger charge is 2.15. The minimum atomic E-state index is -2.95. The monoisotopic (exact) mass is 296 g/mol. The number of sulfone groups is 1. The van der Waals surface area contributed by atoms with Crippen LogP contribution in [0.15, 0.2) is 28.7 Å². The van der Waals surface area contributed by atoms with Gasteiger partial charge < -0.3 is 15.1 Å². The Bertz CT molecular complexity index is 692. The number of para-hydroxylation sites is 1. The molecule has 0 aliphatic rings. The van der Waals surface area contributed by atoms with Crippen molar-refractivity contribution >= 4 is 20.8 Å². The van der Waals surface area contributed by atoms with Gasteiger partial charge in [-0.15, -0.1) is 0 Å². The molecule has 1 aromatic heterocycles. The van der Waals surface area contributed by atoms with Crippen LogP contribution in [-0.4, -0.2) is 38.9 Å². The minimum Gasteiger partial charge on any atom is -0.459 e. The van der Waals surface area contributed by atoms with E-state index in [1.807, 2.05) is 36.2 Å². The van der Waals surface area contributed by atoms with Crippen LogP contribution < -0.4 is 5.73 Å². The van der Waals surface area contributed by atoms with Crippen molar-refractivity contribution in [2.45, 2.75) is 13.1 Å². The van der Waals surface area contributed by atoms with Crippen LogP contribution in [0.2, 0.25) is 0 Å². The smallest absolute Gasteiger partial charge is 0.148 e. The van der Waals surface area contributed by atoms with Crippen molar-refractivity contribution in [3.63, 3.8) is 0 Å². The summed E-state index contributed by atoms with van der Waals surface area (Å²) >= 11 is 0. The maximum Gasteiger partial charge on any atom is 0.148 e. The first kappa shape index (κ1) is 15.0. The van der Waals surface area contributed by atoms with E-state index >= 15 is 0 Å². The largest absolute Gasteiger partial charge is 0.459 e. The molecule has 0 radical (unpaired) electrons. The standard InChI is InChI=1S/C14H20N2O3S/c1-16(7-8-20(2,17)18)10-12-11-5-3-4-6-13(11)19-14(12)9-15/h3-6H,7-10,15H2,1-2H3. The summed E-state index contributed by atoms with van der Waals surface area (Å²) in [4.78, 5) is 1.97. The van der Waals surface area contributed by atoms with E-state index in [1.54, 1.807) is 0 Å². The number of rotatable bonds is 6. The molecule has 0 atom stereocenters. The van der Waals surface area contributed by atoms with Gasteiger partial charge >= 0.3 is 0 Å². The van der Waals surface area contributed by atoms with Crippen LogP contribution >= 0.6 is 0 Å². The van der Waals surface area contributed by atoms with Crippen molar-refractivity contribution in [2.24, 2.45) is 5.73 Å². The third kappa shape index (κ3) is 3.59. The zero-order valence-corrected chi connectivity index (χ0v) is 12.6. The summed E-state index contributed by atoms with van der Waals surface area (Å²) in [6.07, 6.45) is 1.25. The number of hydrogen-bond donors (Lipinski definition) is 1. The van der Waals surface area contributed by atoms with Crippen molar-refractivity contribution in [2.75, 3.05) is 25.6 Å². The van der Waals surface area contributed by atoms with E-state index in [1.165, 1.54) is 6.26 Å². The van der Waals surface area contributed by atoms with E-state index in [-0.39, 0.29) is 5.75 Å². The quantitative estimate of drug-likeness (QED) is 0.871. The van der Waals surface area contributed by atoms with Crippen molar-refractivity contribution in [1.82, 2.24) is 4.90 Å². The molecule has 0 aliphatic carbocycles. The molecule has 0 saturated heterocycles. The first-order valence-corrected chi connectivity index (χ1v) is 8.52. The molecular weight excluding hydrogens is 276 g/mol. The second-order valence-corrected chi connectivity index (χ2v) is 7.33. The number of hydrogen-bond acceptors (Lipinski definition) is 5. The summed E-state index contributed by atoms with van der Waals surface area (Å²) in [5, 5.41) is 1.04. The molecular formula is C14H20N2O3S. The number of furan rings is 1. The van der Waals surface area contributed by atoms with Gasteiger partial charge in [0.15, 0.2) is 0 Å². The van der Waals surface area contributed by atoms with Gasteiger partial charge in [0.1, 0.15) is 21.2 Å². The minimum absolute atomic E-state index is 0.150. The maximum absolute atomic E-state index is 11.2. The topological polar surface area (TPSA) is 76.5 Å². The summed E-state index contributed by atoms with van der Waals surface area (Å²) in [7, 11) is -1.05. The average molecular weight is 296 g/mol. The van der Waals surface area contributed by atoms with Crippen molar-refractivity contribution in [3.05, 3.63) is 35.6 Å². The van der Waals surface area contributed by atoms with Crippen molar-refractivity contribution < 1.29 is 12.8 Å². The lowest BCUT2D eigenvalue weighted by Crippen LogP contribution is -2.25. The molecule has 0 aliphatic heterocycles. The van der Waals surface area contributed by atoms with Crippen LogP contribution in [0.25, 0.3) is 11.0 Å². The van der Waals surface area contributed by atoms with Gasteiger partial charge in [0, 0.05) is 30.3 Å². The normalized spacial score (nSPS) is 12.4. The number of nitrogens with zero attached hydrogens (tertiary/aromatic N) is 1. The van der Waals surface area contributed by atoms with Crippen LogP contribution in [0.3, 0.4) is 0 Å². The lowest BCUT2D eigenvalue weighted by Gasteiger charge is -2.16. The maximum atomic E-state index is 11.2. The molecule has 2 N–H and O–H groups in total. The molecule has 5 nitrogen and oxygen atoms in total. The Hall–Kier alpha value is -1.37. The Kier molecular flexibility index (Phi) is 4.47. The summed E-state index contributed by atoms with van der Waals surface area (Å²) < 4.78 is 28.1. The highest BCUT2D eigenvalue weighted by Crippen LogP contribution is 2.26. The van der Waals surface area contributed by atoms with Gasteiger partial charge in [0.05, 0.1) is 12.3 Å². The Morgan fingerprint density at radius 1 is 1.30 bits per heavy atom. The van der Waals surface area contributed by atoms with E-state index in [9.17, 15) is 8.42 Å². The van der Waals surface area contributed by atoms with E-state index < -0.39 is 9.84 Å². The highest BCUT2D eigenvalue weighted by molar-refractivity contribution is 7.90. The average Bonchev–Trinajstić information content (AvgIpc) is 2.74. The molecule has 6 heteroatoms. The fourth-order valence-electron chi connectivity index (χ4n) is 2.16. The highest BCUT2D eigenvalue weighted by atomic mass is 32.2. The third-order valence-electron chi connectivity index (χ3n) is 3.24. The van der Waals surface area contributed by atoms with Gasteiger partial charge in [-0.2, -0.15) is 0 Å². The second kappa shape index (κ2) is 5.95. The van der Waals surface area contributed by atoms with Crippen LogP contribution in [0.4, 0.5) is 0 Å². The number of fused-ring (bicyclic) bond motifs is 1. The molecule has 0 bridgehead atoms. The fourth-order valence-corrected chi connectivity index (χ4v) is 2.80. The first-order valence-electron chi connectivity index (χ1n) is 6.46.